The fourth-order valence-electron chi connectivity index (χ4n) is 5.24. The number of aromatic carboxylic acids is 2. The summed E-state index contributed by atoms with van der Waals surface area (Å²) < 4.78 is 69.9. The van der Waals surface area contributed by atoms with Gasteiger partial charge in [0.15, 0.2) is 5.75 Å². The molecule has 0 saturated heterocycles. The normalized spacial score (nSPS) is 12.4. The van der Waals surface area contributed by atoms with Crippen LogP contribution in [0.4, 0.5) is 51.2 Å². The van der Waals surface area contributed by atoms with Gasteiger partial charge in [0.2, 0.25) is 0 Å². The highest BCUT2D eigenvalue weighted by atomic mass is 32.2. The first kappa shape index (κ1) is 41.6. The molecule has 6 aromatic carbocycles. The molecule has 0 heterocycles. The summed E-state index contributed by atoms with van der Waals surface area (Å²) in [5, 5.41) is 79.6. The lowest BCUT2D eigenvalue weighted by Gasteiger charge is -2.14. The van der Waals surface area contributed by atoms with Crippen molar-refractivity contribution in [3.63, 3.8) is 0 Å². The van der Waals surface area contributed by atoms with Gasteiger partial charge in [-0.1, -0.05) is 0 Å². The standard InChI is InChI=1S/C36H25N9O13S2/c37-31-30-17(13-28(59(53,54)55)32(31)44-40-20-5-1-18(2-6-20)38-42-22-9-11-26(46)24(15-22)35(49)50)14-29(60(56,57)58)33(34(30)48)45-41-21-7-3-19(4-8-21)39-43-23-10-12-27(47)25(16-23)36(51)52/h1-16,46-48H,37H2,(H,49,50)(H,51,52)(H,53,54,55)(H,56,57,58). The zero-order valence-corrected chi connectivity index (χ0v) is 31.4. The number of carboxylic acids is 2. The number of fused-ring (bicyclic) bond motifs is 1. The highest BCUT2D eigenvalue weighted by Gasteiger charge is 2.28. The van der Waals surface area contributed by atoms with E-state index in [2.05, 4.69) is 40.9 Å². The third kappa shape index (κ3) is 9.21. The fraction of sp³-hybridized carbons (Fsp3) is 0. The van der Waals surface area contributed by atoms with Gasteiger partial charge in [-0.15, -0.1) is 10.2 Å². The van der Waals surface area contributed by atoms with Gasteiger partial charge in [-0.3, -0.25) is 9.11 Å². The van der Waals surface area contributed by atoms with Gasteiger partial charge in [0.05, 0.1) is 45.2 Å². The first-order chi connectivity index (χ1) is 28.3. The second kappa shape index (κ2) is 16.4. The molecule has 60 heavy (non-hydrogen) atoms. The third-order valence-corrected chi connectivity index (χ3v) is 9.82. The molecule has 0 aliphatic heterocycles. The van der Waals surface area contributed by atoms with E-state index in [0.717, 1.165) is 36.4 Å². The van der Waals surface area contributed by atoms with Crippen molar-refractivity contribution in [2.24, 2.45) is 40.9 Å². The van der Waals surface area contributed by atoms with E-state index in [1.807, 2.05) is 0 Å². The summed E-state index contributed by atoms with van der Waals surface area (Å²) in [7, 11) is -10.3. The lowest BCUT2D eigenvalue weighted by Crippen LogP contribution is -2.03. The summed E-state index contributed by atoms with van der Waals surface area (Å²) in [6.07, 6.45) is 0. The van der Waals surface area contributed by atoms with Gasteiger partial charge in [0.25, 0.3) is 20.2 Å². The van der Waals surface area contributed by atoms with E-state index in [1.54, 1.807) is 0 Å². The molecule has 0 aliphatic rings. The van der Waals surface area contributed by atoms with Gasteiger partial charge in [-0.2, -0.15) is 47.5 Å². The molecule has 304 valence electrons. The second-order valence-electron chi connectivity index (χ2n) is 12.1. The molecule has 0 aliphatic carbocycles. The molecule has 22 nitrogen and oxygen atoms in total. The van der Waals surface area contributed by atoms with E-state index in [-0.39, 0.29) is 50.6 Å². The zero-order chi connectivity index (χ0) is 43.5. The Kier molecular flexibility index (Phi) is 11.4. The van der Waals surface area contributed by atoms with Crippen LogP contribution in [0.3, 0.4) is 0 Å². The molecule has 0 saturated carbocycles. The average molecular weight is 856 g/mol. The molecule has 6 rings (SSSR count). The topological polar surface area (TPSA) is 369 Å². The average Bonchev–Trinajstić information content (AvgIpc) is 3.19. The highest BCUT2D eigenvalue weighted by Crippen LogP contribution is 2.48. The number of rotatable bonds is 12. The largest absolute Gasteiger partial charge is 0.507 e. The Morgan fingerprint density at radius 3 is 1.15 bits per heavy atom. The lowest BCUT2D eigenvalue weighted by atomic mass is 10.1. The monoisotopic (exact) mass is 855 g/mol. The molecule has 0 spiro atoms. The number of phenolic OH excluding ortho intramolecular Hbond substituents is 1. The SMILES string of the molecule is Nc1c(N=Nc2ccc(N=Nc3ccc(O)c(C(=O)O)c3)cc2)c(S(=O)(=O)O)cc2cc(S(=O)(=O)O)c(N=Nc3ccc(N=Nc4ccc(O)c(C(=O)O)c4)cc3)c(O)c12. The van der Waals surface area contributed by atoms with Crippen LogP contribution in [-0.2, 0) is 20.2 Å². The summed E-state index contributed by atoms with van der Waals surface area (Å²) in [5.41, 5.74) is 4.31. The van der Waals surface area contributed by atoms with E-state index in [4.69, 9.17) is 5.73 Å². The third-order valence-electron chi connectivity index (χ3n) is 8.08. The van der Waals surface area contributed by atoms with Crippen molar-refractivity contribution in [3.05, 3.63) is 108 Å². The Bertz CT molecular complexity index is 2880. The van der Waals surface area contributed by atoms with Gasteiger partial charge in [0, 0.05) is 0 Å². The Hall–Kier alpha value is -8.06. The van der Waals surface area contributed by atoms with Gasteiger partial charge < -0.3 is 31.3 Å². The number of anilines is 1. The molecular weight excluding hydrogens is 831 g/mol. The number of nitrogen functional groups attached to an aromatic ring is 1. The predicted molar refractivity (Wildman–Crippen MR) is 209 cm³/mol. The van der Waals surface area contributed by atoms with Crippen molar-refractivity contribution in [1.29, 1.82) is 0 Å². The number of carboxylic acid groups (broad SMARTS) is 2. The summed E-state index contributed by atoms with van der Waals surface area (Å²) in [4.78, 5) is 20.6. The molecular formula is C36H25N9O13S2. The minimum Gasteiger partial charge on any atom is -0.507 e. The minimum atomic E-state index is -5.19. The Labute approximate surface area is 336 Å². The van der Waals surface area contributed by atoms with E-state index >= 15 is 0 Å². The number of hydrogen-bond donors (Lipinski definition) is 8. The number of azo groups is 4. The van der Waals surface area contributed by atoms with E-state index in [9.17, 15) is 61.1 Å². The molecule has 9 N–H and O–H groups in total. The van der Waals surface area contributed by atoms with Gasteiger partial charge in [-0.05, 0) is 102 Å². The molecule has 0 unspecified atom stereocenters. The smallest absolute Gasteiger partial charge is 0.339 e. The van der Waals surface area contributed by atoms with Crippen LogP contribution < -0.4 is 5.73 Å². The summed E-state index contributed by atoms with van der Waals surface area (Å²) in [6.45, 7) is 0. The van der Waals surface area contributed by atoms with E-state index < -0.39 is 81.7 Å². The van der Waals surface area contributed by atoms with Crippen molar-refractivity contribution < 1.29 is 61.1 Å². The number of phenols is 3. The summed E-state index contributed by atoms with van der Waals surface area (Å²) in [5.74, 6) is -4.65. The maximum atomic E-state index is 12.5. The molecule has 24 heteroatoms. The maximum Gasteiger partial charge on any atom is 0.339 e. The molecule has 6 aromatic rings. The van der Waals surface area contributed by atoms with Crippen LogP contribution in [-0.4, -0.2) is 63.4 Å². The molecule has 0 radical (unpaired) electrons. The minimum absolute atomic E-state index is 0.0666. The van der Waals surface area contributed by atoms with Crippen molar-refractivity contribution in [1.82, 2.24) is 0 Å². The molecule has 0 aromatic heterocycles. The van der Waals surface area contributed by atoms with Gasteiger partial charge in [-0.25, -0.2) is 9.59 Å². The van der Waals surface area contributed by atoms with Crippen LogP contribution in [0.25, 0.3) is 10.8 Å². The maximum absolute atomic E-state index is 12.5. The van der Waals surface area contributed by atoms with E-state index in [1.165, 1.54) is 60.7 Å². The predicted octanol–water partition coefficient (Wildman–Crippen LogP) is 9.09. The van der Waals surface area contributed by atoms with Crippen molar-refractivity contribution >= 4 is 94.1 Å². The number of carbonyl (C=O) groups is 2. The van der Waals surface area contributed by atoms with Crippen molar-refractivity contribution in [3.8, 4) is 17.2 Å². The Morgan fingerprint density at radius 1 is 0.467 bits per heavy atom. The Morgan fingerprint density at radius 2 is 0.783 bits per heavy atom. The van der Waals surface area contributed by atoms with E-state index in [0.29, 0.717) is 0 Å². The van der Waals surface area contributed by atoms with Gasteiger partial charge >= 0.3 is 11.9 Å². The van der Waals surface area contributed by atoms with Gasteiger partial charge in [0.1, 0.15) is 43.8 Å². The van der Waals surface area contributed by atoms with Crippen LogP contribution in [0, 0.1) is 0 Å². The fourth-order valence-corrected chi connectivity index (χ4v) is 6.57. The number of benzene rings is 6. The first-order valence-electron chi connectivity index (χ1n) is 16.4. The summed E-state index contributed by atoms with van der Waals surface area (Å²) in [6, 6.07) is 19.7. The quantitative estimate of drug-likeness (QED) is 0.0323. The lowest BCUT2D eigenvalue weighted by molar-refractivity contribution is 0.0682. The number of hydrogen-bond acceptors (Lipinski definition) is 18. The highest BCUT2D eigenvalue weighted by molar-refractivity contribution is 7.86. The number of aromatic hydroxyl groups is 3. The molecule has 0 atom stereocenters. The molecule has 0 amide bonds. The van der Waals surface area contributed by atoms with Crippen molar-refractivity contribution in [2.45, 2.75) is 9.79 Å². The van der Waals surface area contributed by atoms with Crippen LogP contribution in [0.15, 0.2) is 148 Å². The van der Waals surface area contributed by atoms with Crippen LogP contribution >= 0.6 is 0 Å². The molecule has 0 fully saturated rings. The Balaban J connectivity index is 1.32. The van der Waals surface area contributed by atoms with Crippen LogP contribution in [0.5, 0.6) is 17.2 Å². The second-order valence-corrected chi connectivity index (χ2v) is 14.9. The molecule has 0 bridgehead atoms. The first-order valence-corrected chi connectivity index (χ1v) is 19.2. The van der Waals surface area contributed by atoms with Crippen molar-refractivity contribution in [2.75, 3.05) is 5.73 Å². The number of nitrogens with zero attached hydrogens (tertiary/aromatic N) is 8. The van der Waals surface area contributed by atoms with Crippen LogP contribution in [0.1, 0.15) is 20.7 Å². The van der Waals surface area contributed by atoms with Crippen LogP contribution in [0.2, 0.25) is 0 Å². The number of nitrogens with two attached hydrogens (primary N) is 1. The summed E-state index contributed by atoms with van der Waals surface area (Å²) >= 11 is 0. The zero-order valence-electron chi connectivity index (χ0n) is 29.8.